The zero-order valence-electron chi connectivity index (χ0n) is 13.0. The van der Waals surface area contributed by atoms with Crippen molar-refractivity contribution in [2.24, 2.45) is 0 Å². The topological polar surface area (TPSA) is 84.5 Å². The van der Waals surface area contributed by atoms with Crippen LogP contribution in [0.15, 0.2) is 12.1 Å². The van der Waals surface area contributed by atoms with Crippen molar-refractivity contribution in [3.8, 4) is 0 Å². The van der Waals surface area contributed by atoms with Gasteiger partial charge in [0.25, 0.3) is 5.91 Å². The Kier molecular flexibility index (Phi) is 4.80. The van der Waals surface area contributed by atoms with Crippen LogP contribution in [-0.4, -0.2) is 30.4 Å². The predicted octanol–water partition coefficient (Wildman–Crippen LogP) is 1.37. The summed E-state index contributed by atoms with van der Waals surface area (Å²) < 4.78 is 4.95. The van der Waals surface area contributed by atoms with Crippen molar-refractivity contribution in [3.63, 3.8) is 0 Å². The van der Waals surface area contributed by atoms with Gasteiger partial charge in [-0.1, -0.05) is 17.7 Å². The maximum absolute atomic E-state index is 11.9. The molecule has 1 aliphatic rings. The largest absolute Gasteiger partial charge is 0.454 e. The second-order valence-electron chi connectivity index (χ2n) is 5.59. The molecule has 1 aliphatic heterocycles. The third-order valence-electron chi connectivity index (χ3n) is 3.57. The standard InChI is InChI=1S/C16H20N2O4/c1-9-6-10(2)15(11(3)7-9)18-14(20)8-22-16(21)12-4-5-13(19)17-12/h6-7,12H,4-5,8H2,1-3H3,(H,17,19)(H,18,20)/t12-/m1/s1. The summed E-state index contributed by atoms with van der Waals surface area (Å²) in [6.07, 6.45) is 0.725. The SMILES string of the molecule is Cc1cc(C)c(NC(=O)COC(=O)[C@H]2CCC(=O)N2)c(C)c1. The van der Waals surface area contributed by atoms with Gasteiger partial charge in [0.15, 0.2) is 6.61 Å². The Hall–Kier alpha value is -2.37. The first-order chi connectivity index (χ1) is 10.4. The van der Waals surface area contributed by atoms with E-state index < -0.39 is 17.9 Å². The molecule has 0 aliphatic carbocycles. The molecule has 0 saturated carbocycles. The second-order valence-corrected chi connectivity index (χ2v) is 5.59. The molecule has 0 unspecified atom stereocenters. The second kappa shape index (κ2) is 6.60. The van der Waals surface area contributed by atoms with Gasteiger partial charge in [0.1, 0.15) is 6.04 Å². The highest BCUT2D eigenvalue weighted by Crippen LogP contribution is 2.21. The summed E-state index contributed by atoms with van der Waals surface area (Å²) in [5.41, 5.74) is 3.78. The highest BCUT2D eigenvalue weighted by Gasteiger charge is 2.28. The van der Waals surface area contributed by atoms with Crippen LogP contribution in [0, 0.1) is 20.8 Å². The number of nitrogens with one attached hydrogen (secondary N) is 2. The van der Waals surface area contributed by atoms with Crippen LogP contribution in [0.2, 0.25) is 0 Å². The Morgan fingerprint density at radius 3 is 2.45 bits per heavy atom. The van der Waals surface area contributed by atoms with Crippen LogP contribution >= 0.6 is 0 Å². The molecule has 2 N–H and O–H groups in total. The normalized spacial score (nSPS) is 17.0. The highest BCUT2D eigenvalue weighted by molar-refractivity contribution is 5.95. The third kappa shape index (κ3) is 3.84. The molecule has 1 atom stereocenters. The van der Waals surface area contributed by atoms with Crippen molar-refractivity contribution in [1.29, 1.82) is 0 Å². The molecule has 1 fully saturated rings. The molecule has 2 rings (SSSR count). The smallest absolute Gasteiger partial charge is 0.329 e. The molecule has 1 heterocycles. The molecule has 0 spiro atoms. The van der Waals surface area contributed by atoms with Gasteiger partial charge in [0, 0.05) is 12.1 Å². The van der Waals surface area contributed by atoms with Crippen molar-refractivity contribution >= 4 is 23.5 Å². The van der Waals surface area contributed by atoms with Crippen molar-refractivity contribution in [3.05, 3.63) is 28.8 Å². The Balaban J connectivity index is 1.88. The van der Waals surface area contributed by atoms with E-state index in [0.717, 1.165) is 22.4 Å². The summed E-state index contributed by atoms with van der Waals surface area (Å²) in [6, 6.07) is 3.31. The van der Waals surface area contributed by atoms with Crippen LogP contribution in [0.1, 0.15) is 29.5 Å². The van der Waals surface area contributed by atoms with Gasteiger partial charge in [0.2, 0.25) is 5.91 Å². The summed E-state index contributed by atoms with van der Waals surface area (Å²) in [6.45, 7) is 5.45. The number of anilines is 1. The Bertz CT molecular complexity index is 602. The first kappa shape index (κ1) is 16.0. The van der Waals surface area contributed by atoms with E-state index in [0.29, 0.717) is 12.8 Å². The zero-order chi connectivity index (χ0) is 16.3. The van der Waals surface area contributed by atoms with E-state index in [9.17, 15) is 14.4 Å². The van der Waals surface area contributed by atoms with Crippen molar-refractivity contribution in [1.82, 2.24) is 5.32 Å². The number of amides is 2. The summed E-state index contributed by atoms with van der Waals surface area (Å²) >= 11 is 0. The number of carbonyl (C=O) groups is 3. The van der Waals surface area contributed by atoms with E-state index in [2.05, 4.69) is 10.6 Å². The van der Waals surface area contributed by atoms with E-state index in [1.54, 1.807) is 0 Å². The molecule has 6 nitrogen and oxygen atoms in total. The lowest BCUT2D eigenvalue weighted by Gasteiger charge is -2.14. The lowest BCUT2D eigenvalue weighted by atomic mass is 10.1. The summed E-state index contributed by atoms with van der Waals surface area (Å²) in [5, 5.41) is 5.26. The number of rotatable bonds is 4. The molecule has 0 radical (unpaired) electrons. The molecule has 0 aromatic heterocycles. The first-order valence-electron chi connectivity index (χ1n) is 7.20. The Labute approximate surface area is 129 Å². The van der Waals surface area contributed by atoms with Crippen LogP contribution in [-0.2, 0) is 19.1 Å². The number of ether oxygens (including phenoxy) is 1. The quantitative estimate of drug-likeness (QED) is 0.823. The lowest BCUT2D eigenvalue weighted by molar-refractivity contribution is -0.149. The Morgan fingerprint density at radius 2 is 1.91 bits per heavy atom. The van der Waals surface area contributed by atoms with Crippen molar-refractivity contribution in [2.45, 2.75) is 39.7 Å². The average Bonchev–Trinajstić information content (AvgIpc) is 2.87. The fourth-order valence-corrected chi connectivity index (χ4v) is 2.58. The van der Waals surface area contributed by atoms with E-state index in [-0.39, 0.29) is 12.5 Å². The molecule has 1 aromatic rings. The molecule has 1 saturated heterocycles. The van der Waals surface area contributed by atoms with E-state index in [1.165, 1.54) is 0 Å². The molecular weight excluding hydrogens is 284 g/mol. The molecular formula is C16H20N2O4. The van der Waals surface area contributed by atoms with Crippen LogP contribution < -0.4 is 10.6 Å². The Morgan fingerprint density at radius 1 is 1.27 bits per heavy atom. The van der Waals surface area contributed by atoms with Gasteiger partial charge in [-0.2, -0.15) is 0 Å². The maximum Gasteiger partial charge on any atom is 0.329 e. The minimum absolute atomic E-state index is 0.169. The monoisotopic (exact) mass is 304 g/mol. The molecule has 1 aromatic carbocycles. The summed E-state index contributed by atoms with van der Waals surface area (Å²) in [5.74, 6) is -1.14. The molecule has 6 heteroatoms. The van der Waals surface area contributed by atoms with Gasteiger partial charge in [-0.3, -0.25) is 9.59 Å². The molecule has 2 amide bonds. The molecule has 22 heavy (non-hydrogen) atoms. The fraction of sp³-hybridized carbons (Fsp3) is 0.438. The first-order valence-corrected chi connectivity index (χ1v) is 7.20. The van der Waals surface area contributed by atoms with Gasteiger partial charge < -0.3 is 15.4 Å². The summed E-state index contributed by atoms with van der Waals surface area (Å²) in [4.78, 5) is 34.7. The fourth-order valence-electron chi connectivity index (χ4n) is 2.58. The number of benzene rings is 1. The average molecular weight is 304 g/mol. The third-order valence-corrected chi connectivity index (χ3v) is 3.57. The van der Waals surface area contributed by atoms with Gasteiger partial charge >= 0.3 is 5.97 Å². The van der Waals surface area contributed by atoms with E-state index in [1.807, 2.05) is 32.9 Å². The molecule has 0 bridgehead atoms. The van der Waals surface area contributed by atoms with Gasteiger partial charge in [-0.05, 0) is 38.3 Å². The van der Waals surface area contributed by atoms with Crippen LogP contribution in [0.25, 0.3) is 0 Å². The van der Waals surface area contributed by atoms with Crippen molar-refractivity contribution in [2.75, 3.05) is 11.9 Å². The number of hydrogen-bond acceptors (Lipinski definition) is 4. The maximum atomic E-state index is 11.9. The lowest BCUT2D eigenvalue weighted by Crippen LogP contribution is -2.36. The van der Waals surface area contributed by atoms with Crippen molar-refractivity contribution < 1.29 is 19.1 Å². The molecule has 118 valence electrons. The predicted molar refractivity (Wildman–Crippen MR) is 81.4 cm³/mol. The highest BCUT2D eigenvalue weighted by atomic mass is 16.5. The minimum Gasteiger partial charge on any atom is -0.454 e. The number of hydrogen-bond donors (Lipinski definition) is 2. The van der Waals surface area contributed by atoms with Crippen LogP contribution in [0.3, 0.4) is 0 Å². The number of carbonyl (C=O) groups excluding carboxylic acids is 3. The summed E-state index contributed by atoms with van der Waals surface area (Å²) in [7, 11) is 0. The van der Waals surface area contributed by atoms with Crippen LogP contribution in [0.5, 0.6) is 0 Å². The van der Waals surface area contributed by atoms with Gasteiger partial charge in [0.05, 0.1) is 0 Å². The minimum atomic E-state index is -0.636. The van der Waals surface area contributed by atoms with E-state index in [4.69, 9.17) is 4.74 Å². The van der Waals surface area contributed by atoms with Crippen LogP contribution in [0.4, 0.5) is 5.69 Å². The van der Waals surface area contributed by atoms with E-state index >= 15 is 0 Å². The number of esters is 1. The number of aryl methyl sites for hydroxylation is 3. The zero-order valence-corrected chi connectivity index (χ0v) is 13.0. The van der Waals surface area contributed by atoms with Gasteiger partial charge in [-0.25, -0.2) is 4.79 Å². The van der Waals surface area contributed by atoms with Gasteiger partial charge in [-0.15, -0.1) is 0 Å².